The third kappa shape index (κ3) is 2.48. The standard InChI is InChI=1S/C9H9ClN2O2S/c1-3-6-12(2)15(13,14)9-7-11-5-4-8(9)10/h1,4-5,7H,6H2,2H3. The summed E-state index contributed by atoms with van der Waals surface area (Å²) in [5, 5.41) is 0.133. The molecular weight excluding hydrogens is 236 g/mol. The van der Waals surface area contributed by atoms with Crippen molar-refractivity contribution in [1.82, 2.24) is 9.29 Å². The van der Waals surface area contributed by atoms with Crippen LogP contribution in [0.3, 0.4) is 0 Å². The quantitative estimate of drug-likeness (QED) is 0.745. The predicted octanol–water partition coefficient (Wildman–Crippen LogP) is 0.989. The molecular formula is C9H9ClN2O2S. The number of terminal acetylenes is 1. The minimum Gasteiger partial charge on any atom is -0.263 e. The van der Waals surface area contributed by atoms with Gasteiger partial charge >= 0.3 is 0 Å². The van der Waals surface area contributed by atoms with Crippen LogP contribution < -0.4 is 0 Å². The highest BCUT2D eigenvalue weighted by atomic mass is 35.5. The number of sulfonamides is 1. The third-order valence-corrected chi connectivity index (χ3v) is 4.01. The Morgan fingerprint density at radius 3 is 2.87 bits per heavy atom. The topological polar surface area (TPSA) is 50.3 Å². The average molecular weight is 245 g/mol. The first kappa shape index (κ1) is 12.0. The van der Waals surface area contributed by atoms with Crippen molar-refractivity contribution in [2.75, 3.05) is 13.6 Å². The number of rotatable bonds is 3. The van der Waals surface area contributed by atoms with E-state index in [1.54, 1.807) is 0 Å². The molecule has 15 heavy (non-hydrogen) atoms. The Kier molecular flexibility index (Phi) is 3.69. The molecule has 1 heterocycles. The highest BCUT2D eigenvalue weighted by Crippen LogP contribution is 2.21. The number of hydrogen-bond donors (Lipinski definition) is 0. The van der Waals surface area contributed by atoms with E-state index in [1.807, 2.05) is 0 Å². The average Bonchev–Trinajstić information content (AvgIpc) is 2.18. The zero-order valence-corrected chi connectivity index (χ0v) is 9.59. The summed E-state index contributed by atoms with van der Waals surface area (Å²) in [5.74, 6) is 2.25. The lowest BCUT2D eigenvalue weighted by molar-refractivity contribution is 0.502. The third-order valence-electron chi connectivity index (χ3n) is 1.74. The first-order valence-corrected chi connectivity index (χ1v) is 5.81. The fourth-order valence-corrected chi connectivity index (χ4v) is 2.42. The molecule has 4 nitrogen and oxygen atoms in total. The van der Waals surface area contributed by atoms with Crippen molar-refractivity contribution in [2.45, 2.75) is 4.90 Å². The molecule has 0 aliphatic rings. The Morgan fingerprint density at radius 1 is 1.67 bits per heavy atom. The van der Waals surface area contributed by atoms with Gasteiger partial charge in [0.05, 0.1) is 11.6 Å². The molecule has 0 aromatic carbocycles. The number of nitrogens with zero attached hydrogens (tertiary/aromatic N) is 2. The van der Waals surface area contributed by atoms with Crippen molar-refractivity contribution in [3.63, 3.8) is 0 Å². The second-order valence-corrected chi connectivity index (χ2v) is 5.19. The van der Waals surface area contributed by atoms with Crippen LogP contribution in [0.1, 0.15) is 0 Å². The molecule has 1 rings (SSSR count). The number of pyridine rings is 1. The van der Waals surface area contributed by atoms with Crippen LogP contribution in [0.15, 0.2) is 23.4 Å². The highest BCUT2D eigenvalue weighted by molar-refractivity contribution is 7.89. The molecule has 0 radical (unpaired) electrons. The summed E-state index contributed by atoms with van der Waals surface area (Å²) in [7, 11) is -2.25. The molecule has 0 saturated heterocycles. The van der Waals surface area contributed by atoms with Crippen LogP contribution in [-0.4, -0.2) is 31.3 Å². The van der Waals surface area contributed by atoms with E-state index >= 15 is 0 Å². The van der Waals surface area contributed by atoms with Gasteiger partial charge < -0.3 is 0 Å². The van der Waals surface area contributed by atoms with Gasteiger partial charge in [-0.1, -0.05) is 17.5 Å². The van der Waals surface area contributed by atoms with Gasteiger partial charge in [-0.2, -0.15) is 4.31 Å². The van der Waals surface area contributed by atoms with E-state index in [1.165, 1.54) is 25.5 Å². The van der Waals surface area contributed by atoms with Crippen molar-refractivity contribution < 1.29 is 8.42 Å². The fraction of sp³-hybridized carbons (Fsp3) is 0.222. The largest absolute Gasteiger partial charge is 0.263 e. The number of halogens is 1. The molecule has 0 atom stereocenters. The predicted molar refractivity (Wildman–Crippen MR) is 57.9 cm³/mol. The van der Waals surface area contributed by atoms with Crippen molar-refractivity contribution in [3.8, 4) is 12.3 Å². The van der Waals surface area contributed by atoms with Crippen molar-refractivity contribution in [1.29, 1.82) is 0 Å². The summed E-state index contributed by atoms with van der Waals surface area (Å²) in [6.45, 7) is -0.00639. The Labute approximate surface area is 93.9 Å². The zero-order valence-electron chi connectivity index (χ0n) is 8.01. The molecule has 6 heteroatoms. The minimum atomic E-state index is -3.64. The van der Waals surface area contributed by atoms with Crippen LogP contribution in [-0.2, 0) is 10.0 Å². The van der Waals surface area contributed by atoms with Gasteiger partial charge in [-0.15, -0.1) is 6.42 Å². The van der Waals surface area contributed by atoms with Gasteiger partial charge in [-0.05, 0) is 6.07 Å². The Morgan fingerprint density at radius 2 is 2.33 bits per heavy atom. The lowest BCUT2D eigenvalue weighted by Crippen LogP contribution is -2.27. The molecule has 0 spiro atoms. The molecule has 0 unspecified atom stereocenters. The van der Waals surface area contributed by atoms with Crippen LogP contribution in [0.25, 0.3) is 0 Å². The Bertz CT molecular complexity index is 493. The Hall–Kier alpha value is -1.09. The number of aromatic nitrogens is 1. The lowest BCUT2D eigenvalue weighted by atomic mass is 10.5. The maximum absolute atomic E-state index is 11.8. The first-order chi connectivity index (χ1) is 7.00. The monoisotopic (exact) mass is 244 g/mol. The van der Waals surface area contributed by atoms with E-state index in [-0.39, 0.29) is 16.5 Å². The molecule has 0 aliphatic carbocycles. The van der Waals surface area contributed by atoms with E-state index in [2.05, 4.69) is 10.9 Å². The van der Waals surface area contributed by atoms with Crippen LogP contribution >= 0.6 is 11.6 Å². The van der Waals surface area contributed by atoms with Crippen LogP contribution in [0, 0.1) is 12.3 Å². The molecule has 0 aliphatic heterocycles. The maximum atomic E-state index is 11.8. The van der Waals surface area contributed by atoms with Gasteiger partial charge in [-0.3, -0.25) is 4.98 Å². The summed E-state index contributed by atoms with van der Waals surface area (Å²) in [6, 6.07) is 1.41. The van der Waals surface area contributed by atoms with E-state index in [0.717, 1.165) is 4.31 Å². The summed E-state index contributed by atoms with van der Waals surface area (Å²) in [5.41, 5.74) is 0. The number of hydrogen-bond acceptors (Lipinski definition) is 3. The van der Waals surface area contributed by atoms with E-state index in [4.69, 9.17) is 18.0 Å². The molecule has 1 aromatic heterocycles. The molecule has 0 N–H and O–H groups in total. The van der Waals surface area contributed by atoms with E-state index in [0.29, 0.717) is 0 Å². The van der Waals surface area contributed by atoms with Gasteiger partial charge in [-0.25, -0.2) is 8.42 Å². The SMILES string of the molecule is C#CCN(C)S(=O)(=O)c1cnccc1Cl. The molecule has 0 fully saturated rings. The van der Waals surface area contributed by atoms with E-state index in [9.17, 15) is 8.42 Å². The zero-order chi connectivity index (χ0) is 11.5. The van der Waals surface area contributed by atoms with Crippen LogP contribution in [0.5, 0.6) is 0 Å². The lowest BCUT2D eigenvalue weighted by Gasteiger charge is -2.14. The van der Waals surface area contributed by atoms with Crippen molar-refractivity contribution in [2.24, 2.45) is 0 Å². The molecule has 0 bridgehead atoms. The normalized spacial score (nSPS) is 11.3. The van der Waals surface area contributed by atoms with Crippen molar-refractivity contribution in [3.05, 3.63) is 23.5 Å². The van der Waals surface area contributed by atoms with Crippen LogP contribution in [0.2, 0.25) is 5.02 Å². The smallest absolute Gasteiger partial charge is 0.246 e. The molecule has 0 amide bonds. The summed E-state index contributed by atoms with van der Waals surface area (Å²) in [4.78, 5) is 3.67. The molecule has 1 aromatic rings. The maximum Gasteiger partial charge on any atom is 0.246 e. The Balaban J connectivity index is 3.19. The fourth-order valence-electron chi connectivity index (χ4n) is 0.934. The molecule has 80 valence electrons. The minimum absolute atomic E-state index is 0.00639. The van der Waals surface area contributed by atoms with Gasteiger partial charge in [0.2, 0.25) is 10.0 Å². The second-order valence-electron chi connectivity index (χ2n) is 2.77. The van der Waals surface area contributed by atoms with E-state index < -0.39 is 10.0 Å². The van der Waals surface area contributed by atoms with Gasteiger partial charge in [0.15, 0.2) is 0 Å². The highest BCUT2D eigenvalue weighted by Gasteiger charge is 2.22. The van der Waals surface area contributed by atoms with Crippen LogP contribution in [0.4, 0.5) is 0 Å². The summed E-state index contributed by atoms with van der Waals surface area (Å²) < 4.78 is 24.7. The van der Waals surface area contributed by atoms with Crippen molar-refractivity contribution >= 4 is 21.6 Å². The first-order valence-electron chi connectivity index (χ1n) is 3.99. The van der Waals surface area contributed by atoms with Gasteiger partial charge in [0, 0.05) is 19.4 Å². The van der Waals surface area contributed by atoms with Gasteiger partial charge in [0.1, 0.15) is 4.90 Å². The summed E-state index contributed by atoms with van der Waals surface area (Å²) in [6.07, 6.45) is 7.66. The summed E-state index contributed by atoms with van der Waals surface area (Å²) >= 11 is 5.76. The second kappa shape index (κ2) is 4.62. The molecule has 0 saturated carbocycles. The van der Waals surface area contributed by atoms with Gasteiger partial charge in [0.25, 0.3) is 0 Å².